The first-order valence-corrected chi connectivity index (χ1v) is 10.6. The minimum Gasteiger partial charge on any atom is -0.361 e. The molecule has 7 heteroatoms. The van der Waals surface area contributed by atoms with E-state index in [2.05, 4.69) is 23.2 Å². The monoisotopic (exact) mass is 396 g/mol. The first kappa shape index (κ1) is 18.6. The maximum absolute atomic E-state index is 13.0. The molecule has 0 aliphatic carbocycles. The zero-order valence-electron chi connectivity index (χ0n) is 16.9. The van der Waals surface area contributed by atoms with Crippen molar-refractivity contribution >= 4 is 6.03 Å². The van der Waals surface area contributed by atoms with Crippen LogP contribution < -0.4 is 0 Å². The highest BCUT2D eigenvalue weighted by Crippen LogP contribution is 2.39. The van der Waals surface area contributed by atoms with E-state index in [-0.39, 0.29) is 18.1 Å². The van der Waals surface area contributed by atoms with Gasteiger partial charge >= 0.3 is 6.03 Å². The minimum atomic E-state index is -0.0581. The van der Waals surface area contributed by atoms with Gasteiger partial charge in [0.15, 0.2) is 0 Å². The number of nitrogens with zero attached hydrogens (tertiary/aromatic N) is 4. The zero-order valence-corrected chi connectivity index (χ0v) is 16.9. The summed E-state index contributed by atoms with van der Waals surface area (Å²) in [7, 11) is 2.16. The number of hydroxylamine groups is 2. The number of hydrogen-bond donors (Lipinski definition) is 0. The summed E-state index contributed by atoms with van der Waals surface area (Å²) < 4.78 is 5.72. The molecule has 2 aromatic rings. The third kappa shape index (κ3) is 3.65. The van der Waals surface area contributed by atoms with E-state index in [9.17, 15) is 4.79 Å². The molecule has 4 heterocycles. The average molecular weight is 396 g/mol. The number of likely N-dealkylation sites (tertiary alicyclic amines) is 1. The van der Waals surface area contributed by atoms with Crippen LogP contribution in [0, 0.1) is 0 Å². The smallest absolute Gasteiger partial charge is 0.344 e. The maximum Gasteiger partial charge on any atom is 0.344 e. The van der Waals surface area contributed by atoms with E-state index in [0.29, 0.717) is 19.1 Å². The number of aromatic nitrogens is 1. The summed E-state index contributed by atoms with van der Waals surface area (Å²) in [5.41, 5.74) is 1.95. The van der Waals surface area contributed by atoms with Gasteiger partial charge in [-0.15, -0.1) is 0 Å². The molecule has 0 saturated carbocycles. The Labute approximate surface area is 171 Å². The number of carbonyl (C=O) groups is 1. The fraction of sp³-hybridized carbons (Fsp3) is 0.545. The topological polar surface area (TPSA) is 62.0 Å². The average Bonchev–Trinajstić information content (AvgIpc) is 3.33. The van der Waals surface area contributed by atoms with Gasteiger partial charge in [0.05, 0.1) is 12.1 Å². The van der Waals surface area contributed by atoms with Crippen molar-refractivity contribution < 1.29 is 14.2 Å². The minimum absolute atomic E-state index is 0.0205. The number of benzene rings is 1. The molecule has 3 saturated heterocycles. The molecule has 1 aromatic carbocycles. The molecule has 2 bridgehead atoms. The van der Waals surface area contributed by atoms with Crippen LogP contribution in [-0.2, 0) is 11.4 Å². The molecule has 0 radical (unpaired) electrons. The lowest BCUT2D eigenvalue weighted by Gasteiger charge is -2.28. The van der Waals surface area contributed by atoms with Gasteiger partial charge in [0, 0.05) is 18.5 Å². The van der Waals surface area contributed by atoms with Crippen LogP contribution in [0.15, 0.2) is 40.9 Å². The first-order chi connectivity index (χ1) is 14.2. The van der Waals surface area contributed by atoms with Crippen LogP contribution >= 0.6 is 0 Å². The van der Waals surface area contributed by atoms with Crippen LogP contribution in [0.3, 0.4) is 0 Å². The molecule has 3 aliphatic heterocycles. The lowest BCUT2D eigenvalue weighted by atomic mass is 9.93. The Balaban J connectivity index is 1.25. The molecular formula is C22H28N4O3. The normalized spacial score (nSPS) is 25.8. The summed E-state index contributed by atoms with van der Waals surface area (Å²) >= 11 is 0. The van der Waals surface area contributed by atoms with Crippen molar-refractivity contribution in [2.45, 2.75) is 50.3 Å². The van der Waals surface area contributed by atoms with Crippen LogP contribution in [0.5, 0.6) is 0 Å². The second-order valence-electron chi connectivity index (χ2n) is 8.50. The number of rotatable bonds is 5. The van der Waals surface area contributed by atoms with E-state index >= 15 is 0 Å². The Kier molecular flexibility index (Phi) is 5.01. The standard InChI is InChI=1S/C22H28N4O3/c1-24-11-9-17(10-12-24)21-13-19(23-29-21)20-8-7-18-14-25(20)22(27)26(18)28-15-16-5-3-2-4-6-16/h2-6,13,17-18,20H,7-12,14-15H2,1H3. The molecule has 2 amide bonds. The van der Waals surface area contributed by atoms with Crippen LogP contribution in [0.2, 0.25) is 0 Å². The van der Waals surface area contributed by atoms with Crippen LogP contribution in [0.1, 0.15) is 54.7 Å². The van der Waals surface area contributed by atoms with E-state index in [4.69, 9.17) is 9.36 Å². The number of urea groups is 1. The van der Waals surface area contributed by atoms with Gasteiger partial charge in [-0.3, -0.25) is 4.84 Å². The summed E-state index contributed by atoms with van der Waals surface area (Å²) in [5.74, 6) is 1.41. The summed E-state index contributed by atoms with van der Waals surface area (Å²) in [6.45, 7) is 3.27. The Morgan fingerprint density at radius 1 is 1.14 bits per heavy atom. The fourth-order valence-electron chi connectivity index (χ4n) is 4.77. The molecule has 154 valence electrons. The van der Waals surface area contributed by atoms with Gasteiger partial charge in [0.1, 0.15) is 18.1 Å². The highest BCUT2D eigenvalue weighted by atomic mass is 16.7. The largest absolute Gasteiger partial charge is 0.361 e. The lowest BCUT2D eigenvalue weighted by Crippen LogP contribution is -2.34. The van der Waals surface area contributed by atoms with Gasteiger partial charge < -0.3 is 14.3 Å². The molecule has 0 spiro atoms. The van der Waals surface area contributed by atoms with Crippen molar-refractivity contribution in [2.24, 2.45) is 0 Å². The molecule has 5 rings (SSSR count). The van der Waals surface area contributed by atoms with Crippen molar-refractivity contribution in [3.05, 3.63) is 53.4 Å². The summed E-state index contributed by atoms with van der Waals surface area (Å²) in [6, 6.07) is 12.1. The molecule has 3 aliphatic rings. The third-order valence-electron chi connectivity index (χ3n) is 6.54. The molecule has 1 aromatic heterocycles. The van der Waals surface area contributed by atoms with Crippen LogP contribution in [0.25, 0.3) is 0 Å². The molecule has 3 fully saturated rings. The fourth-order valence-corrected chi connectivity index (χ4v) is 4.77. The number of amides is 2. The molecule has 2 unspecified atom stereocenters. The van der Waals surface area contributed by atoms with Gasteiger partial charge in [-0.1, -0.05) is 35.5 Å². The Morgan fingerprint density at radius 3 is 2.72 bits per heavy atom. The van der Waals surface area contributed by atoms with Crippen molar-refractivity contribution in [1.82, 2.24) is 20.0 Å². The lowest BCUT2D eigenvalue weighted by molar-refractivity contribution is -0.140. The van der Waals surface area contributed by atoms with Gasteiger partial charge in [-0.25, -0.2) is 4.79 Å². The van der Waals surface area contributed by atoms with Crippen LogP contribution in [-0.4, -0.2) is 58.8 Å². The highest BCUT2D eigenvalue weighted by molar-refractivity contribution is 5.77. The van der Waals surface area contributed by atoms with Crippen LogP contribution in [0.4, 0.5) is 4.79 Å². The summed E-state index contributed by atoms with van der Waals surface area (Å²) in [6.07, 6.45) is 4.00. The molecular weight excluding hydrogens is 368 g/mol. The highest BCUT2D eigenvalue weighted by Gasteiger charge is 2.47. The second kappa shape index (κ2) is 7.80. The molecule has 29 heavy (non-hydrogen) atoms. The molecule has 2 atom stereocenters. The van der Waals surface area contributed by atoms with Crippen molar-refractivity contribution in [3.63, 3.8) is 0 Å². The van der Waals surface area contributed by atoms with E-state index in [1.165, 1.54) is 0 Å². The number of hydrogen-bond acceptors (Lipinski definition) is 5. The Hall–Kier alpha value is -2.38. The second-order valence-corrected chi connectivity index (χ2v) is 8.50. The number of carbonyl (C=O) groups excluding carboxylic acids is 1. The van der Waals surface area contributed by atoms with Crippen molar-refractivity contribution in [1.29, 1.82) is 0 Å². The van der Waals surface area contributed by atoms with Gasteiger partial charge in [-0.2, -0.15) is 5.06 Å². The summed E-state index contributed by atoms with van der Waals surface area (Å²) in [5, 5.41) is 5.94. The first-order valence-electron chi connectivity index (χ1n) is 10.6. The SMILES string of the molecule is CN1CCC(c2cc(C3CCC4CN3C(=O)N4OCc3ccccc3)no2)CC1. The number of piperidine rings is 2. The summed E-state index contributed by atoms with van der Waals surface area (Å²) in [4.78, 5) is 23.2. The molecule has 0 N–H and O–H groups in total. The van der Waals surface area contributed by atoms with E-state index in [0.717, 1.165) is 55.8 Å². The quantitative estimate of drug-likeness (QED) is 0.773. The Bertz CT molecular complexity index is 847. The van der Waals surface area contributed by atoms with Gasteiger partial charge in [0.2, 0.25) is 0 Å². The molecule has 7 nitrogen and oxygen atoms in total. The Morgan fingerprint density at radius 2 is 1.93 bits per heavy atom. The maximum atomic E-state index is 13.0. The predicted octanol–water partition coefficient (Wildman–Crippen LogP) is 3.56. The van der Waals surface area contributed by atoms with Gasteiger partial charge in [-0.05, 0) is 51.4 Å². The number of fused-ring (bicyclic) bond motifs is 2. The van der Waals surface area contributed by atoms with Gasteiger partial charge in [0.25, 0.3) is 0 Å². The van der Waals surface area contributed by atoms with E-state index in [1.807, 2.05) is 35.2 Å². The van der Waals surface area contributed by atoms with E-state index < -0.39 is 0 Å². The zero-order chi connectivity index (χ0) is 19.8. The van der Waals surface area contributed by atoms with Crippen molar-refractivity contribution in [3.8, 4) is 0 Å². The third-order valence-corrected chi connectivity index (χ3v) is 6.54. The predicted molar refractivity (Wildman–Crippen MR) is 107 cm³/mol. The van der Waals surface area contributed by atoms with E-state index in [1.54, 1.807) is 5.06 Å². The van der Waals surface area contributed by atoms with Crippen molar-refractivity contribution in [2.75, 3.05) is 26.7 Å².